The number of rotatable bonds is 12. The lowest BCUT2D eigenvalue weighted by Crippen LogP contribution is -2.64. The molecule has 0 N–H and O–H groups in total. The summed E-state index contributed by atoms with van der Waals surface area (Å²) in [6, 6.07) is 19.6. The Bertz CT molecular complexity index is 1240. The summed E-state index contributed by atoms with van der Waals surface area (Å²) in [5.41, 5.74) is 1.99. The first-order valence-corrected chi connectivity index (χ1v) is 15.3. The average Bonchev–Trinajstić information content (AvgIpc) is 2.99. The molecule has 45 heavy (non-hydrogen) atoms. The van der Waals surface area contributed by atoms with Crippen LogP contribution in [0.25, 0.3) is 0 Å². The smallest absolute Gasteiger partial charge is 0.303 e. The SMILES string of the molecule is CC(=O)OC1C(OC(C)=O)[C@@H](OC(C)=O)C(C)O[C@H]1O[C@H]1C(COCc2ccccc2)O[C@H](C)C(C)C1OCc1ccccc1. The van der Waals surface area contributed by atoms with Crippen molar-refractivity contribution in [1.29, 1.82) is 0 Å². The van der Waals surface area contributed by atoms with Crippen LogP contribution in [0.15, 0.2) is 60.7 Å². The van der Waals surface area contributed by atoms with Gasteiger partial charge in [-0.25, -0.2) is 0 Å². The van der Waals surface area contributed by atoms with E-state index in [0.717, 1.165) is 11.1 Å². The molecule has 2 heterocycles. The summed E-state index contributed by atoms with van der Waals surface area (Å²) in [5.74, 6) is -2.04. The molecule has 0 aromatic heterocycles. The van der Waals surface area contributed by atoms with Gasteiger partial charge in [-0.05, 0) is 25.0 Å². The lowest BCUT2D eigenvalue weighted by Gasteiger charge is -2.48. The highest BCUT2D eigenvalue weighted by Crippen LogP contribution is 2.36. The van der Waals surface area contributed by atoms with Crippen molar-refractivity contribution in [3.05, 3.63) is 71.8 Å². The van der Waals surface area contributed by atoms with E-state index in [1.807, 2.05) is 74.5 Å². The first-order chi connectivity index (χ1) is 21.5. The lowest BCUT2D eigenvalue weighted by atomic mass is 9.88. The minimum Gasteiger partial charge on any atom is -0.456 e. The number of carbonyl (C=O) groups is 3. The van der Waals surface area contributed by atoms with Gasteiger partial charge in [0.05, 0.1) is 38.1 Å². The van der Waals surface area contributed by atoms with Crippen LogP contribution >= 0.6 is 0 Å². The molecule has 0 amide bonds. The average molecular weight is 629 g/mol. The molecular formula is C34H44O11. The third kappa shape index (κ3) is 9.57. The van der Waals surface area contributed by atoms with E-state index in [2.05, 4.69) is 0 Å². The molecule has 11 nitrogen and oxygen atoms in total. The molecule has 2 aromatic carbocycles. The molecule has 2 saturated heterocycles. The van der Waals surface area contributed by atoms with Crippen molar-refractivity contribution in [3.63, 3.8) is 0 Å². The van der Waals surface area contributed by atoms with Crippen LogP contribution in [-0.2, 0) is 65.5 Å². The molecule has 0 spiro atoms. The predicted octanol–water partition coefficient (Wildman–Crippen LogP) is 4.14. The van der Waals surface area contributed by atoms with Crippen molar-refractivity contribution >= 4 is 17.9 Å². The highest BCUT2D eigenvalue weighted by Gasteiger charge is 2.54. The third-order valence-corrected chi connectivity index (χ3v) is 7.94. The molecule has 4 rings (SSSR count). The Balaban J connectivity index is 1.64. The molecule has 0 radical (unpaired) electrons. The van der Waals surface area contributed by atoms with E-state index >= 15 is 0 Å². The number of carbonyl (C=O) groups excluding carboxylic acids is 3. The number of esters is 3. The molecule has 2 fully saturated rings. The normalized spacial score (nSPS) is 31.5. The van der Waals surface area contributed by atoms with Gasteiger partial charge >= 0.3 is 17.9 Å². The van der Waals surface area contributed by atoms with E-state index < -0.39 is 66.9 Å². The number of benzene rings is 2. The van der Waals surface area contributed by atoms with Gasteiger partial charge in [-0.15, -0.1) is 0 Å². The highest BCUT2D eigenvalue weighted by atomic mass is 16.7. The van der Waals surface area contributed by atoms with Crippen molar-refractivity contribution in [1.82, 2.24) is 0 Å². The van der Waals surface area contributed by atoms with Gasteiger partial charge < -0.3 is 37.9 Å². The van der Waals surface area contributed by atoms with Crippen LogP contribution < -0.4 is 0 Å². The van der Waals surface area contributed by atoms with Crippen molar-refractivity contribution in [3.8, 4) is 0 Å². The zero-order valence-electron chi connectivity index (χ0n) is 26.7. The summed E-state index contributed by atoms with van der Waals surface area (Å²) in [4.78, 5) is 36.4. The Labute approximate surface area is 264 Å². The zero-order chi connectivity index (χ0) is 32.5. The summed E-state index contributed by atoms with van der Waals surface area (Å²) in [7, 11) is 0. The van der Waals surface area contributed by atoms with Crippen molar-refractivity contribution < 1.29 is 52.3 Å². The van der Waals surface area contributed by atoms with Gasteiger partial charge in [0, 0.05) is 26.7 Å². The van der Waals surface area contributed by atoms with Gasteiger partial charge in [-0.1, -0.05) is 67.6 Å². The Kier molecular flexibility index (Phi) is 12.5. The molecule has 0 aliphatic carbocycles. The second kappa shape index (κ2) is 16.3. The van der Waals surface area contributed by atoms with Gasteiger partial charge in [0.25, 0.3) is 0 Å². The van der Waals surface area contributed by atoms with E-state index in [-0.39, 0.29) is 18.6 Å². The first-order valence-electron chi connectivity index (χ1n) is 15.3. The van der Waals surface area contributed by atoms with Crippen LogP contribution in [0.1, 0.15) is 52.7 Å². The van der Waals surface area contributed by atoms with Crippen LogP contribution in [0.5, 0.6) is 0 Å². The summed E-state index contributed by atoms with van der Waals surface area (Å²) in [5, 5.41) is 0. The van der Waals surface area contributed by atoms with Gasteiger partial charge in [-0.3, -0.25) is 14.4 Å². The zero-order valence-corrected chi connectivity index (χ0v) is 26.7. The molecule has 2 aliphatic heterocycles. The molecule has 2 aliphatic rings. The quantitative estimate of drug-likeness (QED) is 0.249. The van der Waals surface area contributed by atoms with E-state index in [9.17, 15) is 14.4 Å². The molecule has 10 atom stereocenters. The fourth-order valence-corrected chi connectivity index (χ4v) is 5.67. The van der Waals surface area contributed by atoms with E-state index in [0.29, 0.717) is 13.2 Å². The fraction of sp³-hybridized carbons (Fsp3) is 0.559. The Morgan fingerprint density at radius 3 is 1.73 bits per heavy atom. The van der Waals surface area contributed by atoms with Crippen LogP contribution in [0.2, 0.25) is 0 Å². The van der Waals surface area contributed by atoms with Crippen LogP contribution in [-0.4, -0.2) is 79.6 Å². The second-order valence-corrected chi connectivity index (χ2v) is 11.5. The first kappa shape index (κ1) is 34.5. The van der Waals surface area contributed by atoms with Crippen LogP contribution in [0.4, 0.5) is 0 Å². The van der Waals surface area contributed by atoms with Gasteiger partial charge in [0.2, 0.25) is 0 Å². The molecular weight excluding hydrogens is 584 g/mol. The Morgan fingerprint density at radius 1 is 0.622 bits per heavy atom. The van der Waals surface area contributed by atoms with Crippen molar-refractivity contribution in [2.45, 2.75) is 110 Å². The standard InChI is InChI=1S/C34H44O11/c1-20-21(2)40-28(19-38-17-26-13-9-7-10-14-26)31(29(20)39-18-27-15-11-8-12-16-27)45-34-33(44-25(6)37)32(43-24(5)36)30(22(3)41-34)42-23(4)35/h7-16,20-22,28-34H,17-19H2,1-6H3/t20?,21-,22?,28?,29?,30+,31+,32?,33?,34+/m1/s1. The molecule has 6 unspecified atom stereocenters. The molecule has 2 aromatic rings. The minimum absolute atomic E-state index is 0.115. The Hall–Kier alpha value is -3.35. The summed E-state index contributed by atoms with van der Waals surface area (Å²) in [6.45, 7) is 10.2. The van der Waals surface area contributed by atoms with E-state index in [1.165, 1.54) is 20.8 Å². The number of hydrogen-bond donors (Lipinski definition) is 0. The second-order valence-electron chi connectivity index (χ2n) is 11.5. The third-order valence-electron chi connectivity index (χ3n) is 7.94. The monoisotopic (exact) mass is 628 g/mol. The van der Waals surface area contributed by atoms with Gasteiger partial charge in [0.1, 0.15) is 12.2 Å². The topological polar surface area (TPSA) is 125 Å². The van der Waals surface area contributed by atoms with Crippen LogP contribution in [0, 0.1) is 5.92 Å². The maximum atomic E-state index is 12.3. The predicted molar refractivity (Wildman–Crippen MR) is 160 cm³/mol. The fourth-order valence-electron chi connectivity index (χ4n) is 5.67. The molecule has 11 heteroatoms. The summed E-state index contributed by atoms with van der Waals surface area (Å²) in [6.07, 6.45) is -7.56. The Morgan fingerprint density at radius 2 is 1.16 bits per heavy atom. The largest absolute Gasteiger partial charge is 0.456 e. The van der Waals surface area contributed by atoms with E-state index in [4.69, 9.17) is 37.9 Å². The number of ether oxygens (including phenoxy) is 8. The van der Waals surface area contributed by atoms with Crippen molar-refractivity contribution in [2.75, 3.05) is 6.61 Å². The molecule has 0 bridgehead atoms. The molecule has 0 saturated carbocycles. The minimum atomic E-state index is -1.26. The van der Waals surface area contributed by atoms with E-state index in [1.54, 1.807) is 6.92 Å². The summed E-state index contributed by atoms with van der Waals surface area (Å²) < 4.78 is 48.6. The molecule has 246 valence electrons. The van der Waals surface area contributed by atoms with Gasteiger partial charge in [-0.2, -0.15) is 0 Å². The lowest BCUT2D eigenvalue weighted by molar-refractivity contribution is -0.339. The maximum Gasteiger partial charge on any atom is 0.303 e. The van der Waals surface area contributed by atoms with Crippen LogP contribution in [0.3, 0.4) is 0 Å². The highest BCUT2D eigenvalue weighted by molar-refractivity contribution is 5.68. The number of hydrogen-bond acceptors (Lipinski definition) is 11. The maximum absolute atomic E-state index is 12.3. The summed E-state index contributed by atoms with van der Waals surface area (Å²) >= 11 is 0. The van der Waals surface area contributed by atoms with Crippen molar-refractivity contribution in [2.24, 2.45) is 5.92 Å². The van der Waals surface area contributed by atoms with Gasteiger partial charge in [0.15, 0.2) is 24.6 Å².